The Morgan fingerprint density at radius 1 is 1.25 bits per heavy atom. The smallest absolute Gasteiger partial charge is 0.319 e. The molecule has 2 amide bonds. The van der Waals surface area contributed by atoms with Crippen molar-refractivity contribution in [2.24, 2.45) is 5.92 Å². The number of rotatable bonds is 6. The predicted octanol–water partition coefficient (Wildman–Crippen LogP) is 0.693. The fraction of sp³-hybridized carbons (Fsp3) is 0.500. The van der Waals surface area contributed by atoms with Crippen molar-refractivity contribution in [3.8, 4) is 0 Å². The normalized spacial score (nSPS) is 24.0. The van der Waals surface area contributed by atoms with E-state index < -0.39 is 24.3 Å². The molecule has 0 unspecified atom stereocenters. The molecule has 1 aliphatic carbocycles. The van der Waals surface area contributed by atoms with Crippen molar-refractivity contribution in [3.05, 3.63) is 42.2 Å². The standard InChI is InChI=1S/C18H26N6O3.ClH/c1-23(2)10-14-11-24(22-21-14)9-12-8-15(17(26)16(12)25)20-18(27)19-13-6-4-3-5-7-13;/h3-7,11-12,15-17,25-26H,8-10H2,1-2H3,(H2,19,20,27);1H/t12-,15-,16-,17+;/m1./s1. The van der Waals surface area contributed by atoms with E-state index in [0.29, 0.717) is 25.2 Å². The van der Waals surface area contributed by atoms with Crippen LogP contribution >= 0.6 is 12.4 Å². The van der Waals surface area contributed by atoms with E-state index in [1.165, 1.54) is 0 Å². The first-order valence-electron chi connectivity index (χ1n) is 8.95. The summed E-state index contributed by atoms with van der Waals surface area (Å²) in [5.41, 5.74) is 1.50. The topological polar surface area (TPSA) is 116 Å². The van der Waals surface area contributed by atoms with Crippen LogP contribution in [-0.2, 0) is 13.1 Å². The summed E-state index contributed by atoms with van der Waals surface area (Å²) in [6.45, 7) is 1.11. The summed E-state index contributed by atoms with van der Waals surface area (Å²) in [5.74, 6) is -0.226. The Labute approximate surface area is 170 Å². The average Bonchev–Trinajstić information content (AvgIpc) is 3.15. The van der Waals surface area contributed by atoms with Crippen LogP contribution in [0, 0.1) is 5.92 Å². The van der Waals surface area contributed by atoms with Crippen molar-refractivity contribution in [1.82, 2.24) is 25.2 Å². The predicted molar refractivity (Wildman–Crippen MR) is 107 cm³/mol. The zero-order valence-corrected chi connectivity index (χ0v) is 16.7. The summed E-state index contributed by atoms with van der Waals surface area (Å²) in [7, 11) is 3.90. The van der Waals surface area contributed by atoms with Crippen LogP contribution < -0.4 is 10.6 Å². The fourth-order valence-corrected chi connectivity index (χ4v) is 3.37. The van der Waals surface area contributed by atoms with Crippen LogP contribution in [0.25, 0.3) is 0 Å². The second-order valence-corrected chi connectivity index (χ2v) is 7.22. The minimum absolute atomic E-state index is 0. The number of aromatic nitrogens is 3. The Balaban J connectivity index is 0.00000280. The Bertz CT molecular complexity index is 757. The van der Waals surface area contributed by atoms with Gasteiger partial charge >= 0.3 is 6.03 Å². The molecule has 154 valence electrons. The number of nitrogens with one attached hydrogen (secondary N) is 2. The second-order valence-electron chi connectivity index (χ2n) is 7.22. The number of carbonyl (C=O) groups is 1. The molecule has 0 saturated heterocycles. The summed E-state index contributed by atoms with van der Waals surface area (Å²) in [6.07, 6.45) is 0.324. The molecule has 10 heteroatoms. The maximum Gasteiger partial charge on any atom is 0.319 e. The van der Waals surface area contributed by atoms with Gasteiger partial charge in [0.25, 0.3) is 0 Å². The van der Waals surface area contributed by atoms with E-state index in [9.17, 15) is 15.0 Å². The SMILES string of the molecule is CN(C)Cc1cn(C[C@H]2C[C@@H](NC(=O)Nc3ccccc3)[C@H](O)[C@@H]2O)nn1.Cl. The number of carbonyl (C=O) groups excluding carboxylic acids is 1. The molecule has 1 aliphatic rings. The molecule has 0 aliphatic heterocycles. The van der Waals surface area contributed by atoms with Crippen molar-refractivity contribution in [3.63, 3.8) is 0 Å². The molecule has 3 rings (SSSR count). The highest BCUT2D eigenvalue weighted by Gasteiger charge is 2.42. The van der Waals surface area contributed by atoms with Crippen LogP contribution in [0.1, 0.15) is 12.1 Å². The number of urea groups is 1. The molecular weight excluding hydrogens is 384 g/mol. The quantitative estimate of drug-likeness (QED) is 0.557. The van der Waals surface area contributed by atoms with Gasteiger partial charge in [-0.3, -0.25) is 4.68 Å². The maximum absolute atomic E-state index is 12.1. The van der Waals surface area contributed by atoms with E-state index in [2.05, 4.69) is 20.9 Å². The largest absolute Gasteiger partial charge is 0.390 e. The first-order chi connectivity index (χ1) is 12.9. The number of hydrogen-bond donors (Lipinski definition) is 4. The molecule has 4 N–H and O–H groups in total. The Morgan fingerprint density at radius 3 is 2.64 bits per heavy atom. The Morgan fingerprint density at radius 2 is 1.96 bits per heavy atom. The van der Waals surface area contributed by atoms with Crippen molar-refractivity contribution in [2.45, 2.75) is 37.8 Å². The highest BCUT2D eigenvalue weighted by atomic mass is 35.5. The highest BCUT2D eigenvalue weighted by molar-refractivity contribution is 5.89. The Hall–Kier alpha value is -2.20. The fourth-order valence-electron chi connectivity index (χ4n) is 3.37. The number of aliphatic hydroxyl groups excluding tert-OH is 2. The van der Waals surface area contributed by atoms with Gasteiger partial charge in [0.2, 0.25) is 0 Å². The number of nitrogens with zero attached hydrogens (tertiary/aromatic N) is 4. The van der Waals surface area contributed by atoms with Gasteiger partial charge in [-0.25, -0.2) is 4.79 Å². The lowest BCUT2D eigenvalue weighted by Gasteiger charge is -2.18. The number of hydrogen-bond acceptors (Lipinski definition) is 6. The summed E-state index contributed by atoms with van der Waals surface area (Å²) in [4.78, 5) is 14.1. The van der Waals surface area contributed by atoms with Crippen LogP contribution in [0.3, 0.4) is 0 Å². The van der Waals surface area contributed by atoms with E-state index >= 15 is 0 Å². The highest BCUT2D eigenvalue weighted by Crippen LogP contribution is 2.28. The lowest BCUT2D eigenvalue weighted by atomic mass is 10.1. The number of aliphatic hydroxyl groups is 2. The zero-order chi connectivity index (χ0) is 19.4. The van der Waals surface area contributed by atoms with Gasteiger partial charge in [-0.15, -0.1) is 17.5 Å². The monoisotopic (exact) mass is 410 g/mol. The summed E-state index contributed by atoms with van der Waals surface area (Å²) < 4.78 is 1.67. The first-order valence-corrected chi connectivity index (χ1v) is 8.95. The molecule has 1 heterocycles. The van der Waals surface area contributed by atoms with E-state index in [-0.39, 0.29) is 18.3 Å². The van der Waals surface area contributed by atoms with E-state index in [0.717, 1.165) is 5.69 Å². The molecule has 1 saturated carbocycles. The van der Waals surface area contributed by atoms with Gasteiger partial charge in [-0.1, -0.05) is 23.4 Å². The van der Waals surface area contributed by atoms with Crippen LogP contribution in [0.4, 0.5) is 10.5 Å². The molecular formula is C18H27ClN6O3. The van der Waals surface area contributed by atoms with Crippen LogP contribution in [0.5, 0.6) is 0 Å². The average molecular weight is 411 g/mol. The lowest BCUT2D eigenvalue weighted by Crippen LogP contribution is -2.44. The molecule has 1 fully saturated rings. The van der Waals surface area contributed by atoms with Crippen molar-refractivity contribution < 1.29 is 15.0 Å². The Kier molecular flexibility index (Phi) is 7.76. The number of para-hydroxylation sites is 1. The number of benzene rings is 1. The maximum atomic E-state index is 12.1. The number of halogens is 1. The summed E-state index contributed by atoms with van der Waals surface area (Å²) in [5, 5.41) is 34.3. The molecule has 1 aromatic carbocycles. The van der Waals surface area contributed by atoms with E-state index in [1.807, 2.05) is 43.4 Å². The zero-order valence-electron chi connectivity index (χ0n) is 15.9. The van der Waals surface area contributed by atoms with E-state index in [4.69, 9.17) is 0 Å². The lowest BCUT2D eigenvalue weighted by molar-refractivity contribution is 0.00878. The molecule has 2 aromatic rings. The van der Waals surface area contributed by atoms with E-state index in [1.54, 1.807) is 16.8 Å². The molecule has 0 spiro atoms. The summed E-state index contributed by atoms with van der Waals surface area (Å²) >= 11 is 0. The van der Waals surface area contributed by atoms with Gasteiger partial charge in [0.05, 0.1) is 17.8 Å². The van der Waals surface area contributed by atoms with Crippen LogP contribution in [0.2, 0.25) is 0 Å². The van der Waals surface area contributed by atoms with Crippen LogP contribution in [0.15, 0.2) is 36.5 Å². The van der Waals surface area contributed by atoms with Crippen molar-refractivity contribution in [2.75, 3.05) is 19.4 Å². The van der Waals surface area contributed by atoms with Gasteiger partial charge < -0.3 is 25.7 Å². The molecule has 1 aromatic heterocycles. The van der Waals surface area contributed by atoms with Gasteiger partial charge in [0.1, 0.15) is 6.10 Å². The second kappa shape index (κ2) is 9.83. The molecule has 0 radical (unpaired) electrons. The molecule has 28 heavy (non-hydrogen) atoms. The van der Waals surface area contributed by atoms with Crippen LogP contribution in [-0.4, -0.2) is 68.5 Å². The number of anilines is 1. The van der Waals surface area contributed by atoms with Crippen molar-refractivity contribution in [1.29, 1.82) is 0 Å². The van der Waals surface area contributed by atoms with Gasteiger partial charge in [0, 0.05) is 30.9 Å². The van der Waals surface area contributed by atoms with Gasteiger partial charge in [-0.2, -0.15) is 0 Å². The van der Waals surface area contributed by atoms with Gasteiger partial charge in [0.15, 0.2) is 0 Å². The first kappa shape index (κ1) is 22.1. The molecule has 0 bridgehead atoms. The van der Waals surface area contributed by atoms with Crippen molar-refractivity contribution >= 4 is 24.1 Å². The van der Waals surface area contributed by atoms with Gasteiger partial charge in [-0.05, 0) is 32.6 Å². The third kappa shape index (κ3) is 5.65. The minimum atomic E-state index is -1.03. The minimum Gasteiger partial charge on any atom is -0.390 e. The third-order valence-electron chi connectivity index (χ3n) is 4.64. The third-order valence-corrected chi connectivity index (χ3v) is 4.64. The number of amides is 2. The molecule has 9 nitrogen and oxygen atoms in total. The molecule has 4 atom stereocenters. The summed E-state index contributed by atoms with van der Waals surface area (Å²) in [6, 6.07) is 8.12.